The first-order chi connectivity index (χ1) is 38.0. The number of cyclic esters (lactones) is 1. The number of fused-ring (bicyclic) bond motifs is 6. The third kappa shape index (κ3) is 10.7. The molecule has 1 unspecified atom stereocenters. The van der Waals surface area contributed by atoms with Gasteiger partial charge in [0.1, 0.15) is 18.1 Å². The number of piperazine rings is 1. The molecule has 2 N–H and O–H groups in total. The number of carbonyl (C=O) groups excluding carboxylic acids is 4. The number of likely N-dealkylation sites (N-methyl/N-ethyl adjacent to an activating group) is 1. The van der Waals surface area contributed by atoms with Gasteiger partial charge in [-0.05, 0) is 138 Å². The zero-order valence-electron chi connectivity index (χ0n) is 48.3. The van der Waals surface area contributed by atoms with Gasteiger partial charge in [-0.15, -0.1) is 0 Å². The molecule has 8 heterocycles. The second kappa shape index (κ2) is 21.5. The number of rotatable bonds is 12. The summed E-state index contributed by atoms with van der Waals surface area (Å²) in [7, 11) is 3.84. The van der Waals surface area contributed by atoms with Crippen LogP contribution in [0, 0.1) is 22.7 Å². The first-order valence-electron chi connectivity index (χ1n) is 30.1. The van der Waals surface area contributed by atoms with E-state index in [1.54, 1.807) is 12.1 Å². The van der Waals surface area contributed by atoms with E-state index in [1.807, 2.05) is 12.3 Å². The number of aryl methyl sites for hydroxylation is 1. The number of hydrogen-bond acceptors (Lipinski definition) is 12. The number of nitrogens with zero attached hydrogens (tertiary/aromatic N) is 8. The summed E-state index contributed by atoms with van der Waals surface area (Å²) in [5, 5.41) is 6.00. The summed E-state index contributed by atoms with van der Waals surface area (Å²) in [5.74, 6) is 0.0649. The van der Waals surface area contributed by atoms with Gasteiger partial charge in [0.15, 0.2) is 0 Å². The van der Waals surface area contributed by atoms with Gasteiger partial charge in [-0.1, -0.05) is 58.0 Å². The number of benzene rings is 2. The Morgan fingerprint density at radius 3 is 2.42 bits per heavy atom. The van der Waals surface area contributed by atoms with Gasteiger partial charge in [-0.2, -0.15) is 0 Å². The molecule has 16 nitrogen and oxygen atoms in total. The molecule has 2 aliphatic carbocycles. The molecule has 8 atom stereocenters. The van der Waals surface area contributed by atoms with Gasteiger partial charge in [0.2, 0.25) is 11.8 Å². The van der Waals surface area contributed by atoms with Gasteiger partial charge in [0.05, 0.1) is 42.0 Å². The van der Waals surface area contributed by atoms with Gasteiger partial charge in [-0.3, -0.25) is 43.9 Å². The average Bonchev–Trinajstić information content (AvgIpc) is 4.61. The molecule has 424 valence electrons. The van der Waals surface area contributed by atoms with Crippen LogP contribution in [0.2, 0.25) is 0 Å². The molecule has 2 saturated carbocycles. The van der Waals surface area contributed by atoms with E-state index in [0.717, 1.165) is 128 Å². The molecule has 6 aliphatic heterocycles. The van der Waals surface area contributed by atoms with Crippen molar-refractivity contribution in [1.82, 2.24) is 44.9 Å². The van der Waals surface area contributed by atoms with Crippen LogP contribution in [-0.4, -0.2) is 174 Å². The van der Waals surface area contributed by atoms with Crippen LogP contribution in [0.4, 0.5) is 5.69 Å². The van der Waals surface area contributed by atoms with Gasteiger partial charge >= 0.3 is 5.97 Å². The van der Waals surface area contributed by atoms with Crippen LogP contribution in [-0.2, 0) is 48.0 Å². The Bertz CT molecular complexity index is 2980. The Kier molecular flexibility index (Phi) is 14.8. The van der Waals surface area contributed by atoms with Gasteiger partial charge in [0.25, 0.3) is 5.91 Å². The number of amides is 3. The monoisotopic (exact) mass is 1080 g/mol. The first kappa shape index (κ1) is 54.2. The molecule has 1 spiro atoms. The summed E-state index contributed by atoms with van der Waals surface area (Å²) in [6.07, 6.45) is 10.7. The number of methoxy groups -OCH3 is 1. The van der Waals surface area contributed by atoms with E-state index in [4.69, 9.17) is 14.5 Å². The van der Waals surface area contributed by atoms with Gasteiger partial charge in [0, 0.05) is 112 Å². The van der Waals surface area contributed by atoms with Crippen LogP contribution >= 0.6 is 0 Å². The zero-order chi connectivity index (χ0) is 55.1. The summed E-state index contributed by atoms with van der Waals surface area (Å²) < 4.78 is 14.8. The summed E-state index contributed by atoms with van der Waals surface area (Å²) in [6, 6.07) is 16.5. The maximum atomic E-state index is 15.0. The standard InChI is InChI=1S/C63H86N10O6/c1-9-72-52-20-17-44-32-47(52)49(56(72)48-33-46(35-64-53(48)40(4)78-8)69-28-26-68(27-29-69)45-18-19-45)34-62(5,6)38-79-61(77)50-14-11-23-73(66-50)59(75)51(31-41-12-10-13-43(44)30-41)65-58(74)54(39(2)3)70-24-21-63(36-70)22-25-71(37-63)60(76)57-55(67(57)7)42-15-16-42/h10,12-13,17,20,30,32-33,35,39-40,42,45,50-51,54-55,57,66H,9,11,14-16,18-19,21-29,31,34,36-38H2,1-8H3,(H,65,74)/t40-,50-,51-,54-,55+,57+,63-,67?/m0/s1. The smallest absolute Gasteiger partial charge is 0.324 e. The minimum Gasteiger partial charge on any atom is -0.464 e. The molecule has 0 radical (unpaired) electrons. The molecule has 79 heavy (non-hydrogen) atoms. The Morgan fingerprint density at radius 2 is 1.68 bits per heavy atom. The summed E-state index contributed by atoms with van der Waals surface area (Å²) in [6.45, 7) is 21.1. The van der Waals surface area contributed by atoms with E-state index < -0.39 is 29.5 Å². The summed E-state index contributed by atoms with van der Waals surface area (Å²) in [5.41, 5.74) is 12.2. The van der Waals surface area contributed by atoms with Crippen molar-refractivity contribution in [2.24, 2.45) is 22.7 Å². The van der Waals surface area contributed by atoms with Crippen molar-refractivity contribution >= 4 is 40.3 Å². The summed E-state index contributed by atoms with van der Waals surface area (Å²) >= 11 is 0. The highest BCUT2D eigenvalue weighted by atomic mass is 16.5. The molecule has 3 amide bonds. The van der Waals surface area contributed by atoms with Gasteiger partial charge in [-0.25, -0.2) is 5.43 Å². The Balaban J connectivity index is 0.866. The lowest BCUT2D eigenvalue weighted by Gasteiger charge is -2.37. The lowest BCUT2D eigenvalue weighted by Crippen LogP contribution is -2.62. The topological polar surface area (TPSA) is 148 Å². The Hall–Kier alpha value is -5.39. The fourth-order valence-electron chi connectivity index (χ4n) is 14.7. The number of hydrazine groups is 1. The number of ether oxygens (including phenoxy) is 2. The maximum absolute atomic E-state index is 15.0. The number of likely N-dealkylation sites (tertiary alicyclic amines) is 2. The average molecular weight is 1080 g/mol. The van der Waals surface area contributed by atoms with Crippen LogP contribution in [0.25, 0.3) is 33.3 Å². The highest BCUT2D eigenvalue weighted by molar-refractivity contribution is 5.96. The molecule has 4 aromatic rings. The normalized spacial score (nSPS) is 28.6. The SMILES string of the molecule is CCn1c(-c2cc(N3CCN(C4CC4)CC3)cnc2[C@H](C)OC)c2c3cc(ccc31)-c1cccc(c1)C[C@H](NC(=O)[C@H](C(C)C)N1CC[C@]3(CCN(C(=O)[C@H]4[C@@H](C5CC5)N4C)C3)C1)C(=O)N1CCC[C@H](N1)C(=O)OCC(C)(C)C2. The lowest BCUT2D eigenvalue weighted by molar-refractivity contribution is -0.155. The molecule has 8 aliphatic rings. The van der Waals surface area contributed by atoms with E-state index in [2.05, 4.69) is 131 Å². The van der Waals surface area contributed by atoms with Crippen molar-refractivity contribution in [1.29, 1.82) is 0 Å². The van der Waals surface area contributed by atoms with Crippen molar-refractivity contribution in [3.8, 4) is 22.4 Å². The third-order valence-electron chi connectivity index (χ3n) is 19.4. The van der Waals surface area contributed by atoms with Crippen LogP contribution in [0.1, 0.15) is 116 Å². The minimum atomic E-state index is -0.916. The molecule has 2 aromatic carbocycles. The quantitative estimate of drug-likeness (QED) is 0.111. The predicted octanol–water partition coefficient (Wildman–Crippen LogP) is 7.07. The summed E-state index contributed by atoms with van der Waals surface area (Å²) in [4.78, 5) is 75.1. The second-order valence-corrected chi connectivity index (χ2v) is 26.1. The van der Waals surface area contributed by atoms with Crippen LogP contribution < -0.4 is 15.6 Å². The molecular weight excluding hydrogens is 993 g/mol. The third-order valence-corrected chi connectivity index (χ3v) is 19.4. The van der Waals surface area contributed by atoms with E-state index in [9.17, 15) is 9.59 Å². The zero-order valence-corrected chi connectivity index (χ0v) is 48.3. The molecule has 2 aromatic heterocycles. The Labute approximate surface area is 467 Å². The van der Waals surface area contributed by atoms with Crippen molar-refractivity contribution in [3.05, 3.63) is 71.5 Å². The number of esters is 1. The number of aromatic nitrogens is 2. The molecule has 16 heteroatoms. The van der Waals surface area contributed by atoms with Crippen LogP contribution in [0.15, 0.2) is 54.7 Å². The molecule has 5 saturated heterocycles. The van der Waals surface area contributed by atoms with E-state index >= 15 is 9.59 Å². The highest BCUT2D eigenvalue weighted by Crippen LogP contribution is 2.49. The Morgan fingerprint density at radius 1 is 0.911 bits per heavy atom. The number of anilines is 1. The first-order valence-corrected chi connectivity index (χ1v) is 30.1. The lowest BCUT2D eigenvalue weighted by atomic mass is 9.84. The fraction of sp³-hybridized carbons (Fsp3) is 0.635. The number of carbonyl (C=O) groups is 4. The fourth-order valence-corrected chi connectivity index (χ4v) is 14.7. The molecule has 6 bridgehead atoms. The molecule has 12 rings (SSSR count). The van der Waals surface area contributed by atoms with Crippen molar-refractivity contribution in [2.75, 3.05) is 84.6 Å². The molecular formula is C63H86N10O6. The van der Waals surface area contributed by atoms with Crippen molar-refractivity contribution in [2.45, 2.75) is 155 Å². The minimum absolute atomic E-state index is 0.0188. The maximum Gasteiger partial charge on any atom is 0.324 e. The van der Waals surface area contributed by atoms with Crippen LogP contribution in [0.3, 0.4) is 0 Å². The van der Waals surface area contributed by atoms with Crippen molar-refractivity contribution in [3.63, 3.8) is 0 Å². The van der Waals surface area contributed by atoms with Gasteiger partial charge < -0.3 is 29.2 Å². The number of pyridine rings is 1. The van der Waals surface area contributed by atoms with E-state index in [1.165, 1.54) is 31.2 Å². The largest absolute Gasteiger partial charge is 0.464 e. The van der Waals surface area contributed by atoms with Crippen LogP contribution in [0.5, 0.6) is 0 Å². The second-order valence-electron chi connectivity index (χ2n) is 26.1. The van der Waals surface area contributed by atoms with E-state index in [0.29, 0.717) is 37.8 Å². The van der Waals surface area contributed by atoms with E-state index in [-0.39, 0.29) is 54.2 Å². The number of nitrogens with one attached hydrogen (secondary N) is 2. The van der Waals surface area contributed by atoms with Crippen molar-refractivity contribution < 1.29 is 28.7 Å². The number of hydrogen-bond donors (Lipinski definition) is 2. The molecule has 7 fully saturated rings. The predicted molar refractivity (Wildman–Crippen MR) is 307 cm³/mol. The highest BCUT2D eigenvalue weighted by Gasteiger charge is 2.59.